The molecule has 0 atom stereocenters. The Kier molecular flexibility index (Phi) is 3.47. The van der Waals surface area contributed by atoms with Crippen molar-refractivity contribution in [3.63, 3.8) is 0 Å². The molecule has 0 aliphatic rings. The number of rotatable bonds is 3. The van der Waals surface area contributed by atoms with Gasteiger partial charge in [0.15, 0.2) is 5.82 Å². The number of nitrogens with one attached hydrogen (secondary N) is 1. The molecule has 7 heteroatoms. The van der Waals surface area contributed by atoms with Gasteiger partial charge in [-0.05, 0) is 25.1 Å². The van der Waals surface area contributed by atoms with Gasteiger partial charge in [-0.2, -0.15) is 4.98 Å². The molecular weight excluding hydrogens is 258 g/mol. The molecule has 0 saturated heterocycles. The van der Waals surface area contributed by atoms with E-state index >= 15 is 0 Å². The minimum absolute atomic E-state index is 0.0688. The van der Waals surface area contributed by atoms with Crippen molar-refractivity contribution in [3.8, 4) is 5.75 Å². The molecule has 1 heterocycles. The van der Waals surface area contributed by atoms with Gasteiger partial charge in [0.25, 0.3) is 5.91 Å². The number of benzene rings is 1. The first-order chi connectivity index (χ1) is 8.56. The van der Waals surface area contributed by atoms with Crippen molar-refractivity contribution in [2.45, 2.75) is 13.5 Å². The molecule has 0 aliphatic heterocycles. The second kappa shape index (κ2) is 5.05. The zero-order valence-corrected chi connectivity index (χ0v) is 10.2. The average Bonchev–Trinajstić information content (AvgIpc) is 2.75. The lowest BCUT2D eigenvalue weighted by atomic mass is 10.2. The van der Waals surface area contributed by atoms with E-state index in [0.717, 1.165) is 0 Å². The summed E-state index contributed by atoms with van der Waals surface area (Å²) in [4.78, 5) is 15.7. The van der Waals surface area contributed by atoms with Crippen LogP contribution in [-0.4, -0.2) is 21.2 Å². The highest BCUT2D eigenvalue weighted by atomic mass is 35.5. The summed E-state index contributed by atoms with van der Waals surface area (Å²) in [5, 5.41) is 15.6. The van der Waals surface area contributed by atoms with E-state index in [1.165, 1.54) is 18.2 Å². The van der Waals surface area contributed by atoms with Crippen molar-refractivity contribution >= 4 is 17.5 Å². The molecule has 0 radical (unpaired) electrons. The van der Waals surface area contributed by atoms with Crippen molar-refractivity contribution in [2.75, 3.05) is 0 Å². The Morgan fingerprint density at radius 3 is 2.94 bits per heavy atom. The fourth-order valence-corrected chi connectivity index (χ4v) is 1.50. The van der Waals surface area contributed by atoms with Gasteiger partial charge in [0.2, 0.25) is 5.89 Å². The summed E-state index contributed by atoms with van der Waals surface area (Å²) in [6.45, 7) is 1.83. The van der Waals surface area contributed by atoms with Crippen LogP contribution in [0.2, 0.25) is 5.02 Å². The number of carbonyl (C=O) groups excluding carboxylic acids is 1. The third-order valence-corrected chi connectivity index (χ3v) is 2.48. The maximum Gasteiger partial charge on any atom is 0.251 e. The standard InChI is InChI=1S/C11H10ClN3O3/c1-6-14-10(18-15-6)5-13-11(17)7-2-3-9(16)8(12)4-7/h2-4,16H,5H2,1H3,(H,13,17). The van der Waals surface area contributed by atoms with E-state index in [2.05, 4.69) is 15.5 Å². The van der Waals surface area contributed by atoms with Gasteiger partial charge in [-0.25, -0.2) is 0 Å². The highest BCUT2D eigenvalue weighted by molar-refractivity contribution is 6.32. The first kappa shape index (κ1) is 12.4. The Labute approximate surface area is 108 Å². The van der Waals surface area contributed by atoms with Gasteiger partial charge < -0.3 is 14.9 Å². The van der Waals surface area contributed by atoms with Gasteiger partial charge in [0, 0.05) is 5.56 Å². The third-order valence-electron chi connectivity index (χ3n) is 2.18. The second-order valence-corrected chi connectivity index (χ2v) is 3.99. The number of hydrogen-bond acceptors (Lipinski definition) is 5. The van der Waals surface area contributed by atoms with Crippen LogP contribution in [0.4, 0.5) is 0 Å². The monoisotopic (exact) mass is 267 g/mol. The highest BCUT2D eigenvalue weighted by Gasteiger charge is 2.10. The van der Waals surface area contributed by atoms with Gasteiger partial charge in [-0.3, -0.25) is 4.79 Å². The van der Waals surface area contributed by atoms with Crippen LogP contribution in [0, 0.1) is 6.92 Å². The summed E-state index contributed by atoms with van der Waals surface area (Å²) in [6.07, 6.45) is 0. The van der Waals surface area contributed by atoms with Crippen molar-refractivity contribution in [3.05, 3.63) is 40.5 Å². The van der Waals surface area contributed by atoms with Gasteiger partial charge >= 0.3 is 0 Å². The molecule has 1 aromatic heterocycles. The van der Waals surface area contributed by atoms with Crippen molar-refractivity contribution < 1.29 is 14.4 Å². The molecule has 6 nitrogen and oxygen atoms in total. The fourth-order valence-electron chi connectivity index (χ4n) is 1.32. The van der Waals surface area contributed by atoms with Crippen LogP contribution in [0.15, 0.2) is 22.7 Å². The number of aryl methyl sites for hydroxylation is 1. The van der Waals surface area contributed by atoms with Gasteiger partial charge in [0.1, 0.15) is 5.75 Å². The van der Waals surface area contributed by atoms with Crippen LogP contribution in [-0.2, 0) is 6.54 Å². The third kappa shape index (κ3) is 2.78. The molecule has 0 saturated carbocycles. The summed E-state index contributed by atoms with van der Waals surface area (Å²) in [5.41, 5.74) is 0.342. The van der Waals surface area contributed by atoms with E-state index in [4.69, 9.17) is 16.1 Å². The molecule has 0 bridgehead atoms. The lowest BCUT2D eigenvalue weighted by Gasteiger charge is -2.03. The van der Waals surface area contributed by atoms with Gasteiger partial charge in [0.05, 0.1) is 11.6 Å². The summed E-state index contributed by atoms with van der Waals surface area (Å²) in [5.74, 6) is 0.422. The van der Waals surface area contributed by atoms with Crippen molar-refractivity contribution in [1.29, 1.82) is 0 Å². The maximum absolute atomic E-state index is 11.7. The van der Waals surface area contributed by atoms with Crippen LogP contribution in [0.5, 0.6) is 5.75 Å². The van der Waals surface area contributed by atoms with E-state index in [9.17, 15) is 9.90 Å². The van der Waals surface area contributed by atoms with Crippen molar-refractivity contribution in [1.82, 2.24) is 15.5 Å². The minimum atomic E-state index is -0.340. The Morgan fingerprint density at radius 2 is 2.33 bits per heavy atom. The molecule has 0 spiro atoms. The fraction of sp³-hybridized carbons (Fsp3) is 0.182. The first-order valence-corrected chi connectivity index (χ1v) is 5.50. The van der Waals surface area contributed by atoms with Crippen molar-refractivity contribution in [2.24, 2.45) is 0 Å². The summed E-state index contributed by atoms with van der Waals surface area (Å²) in [6, 6.07) is 4.20. The van der Waals surface area contributed by atoms with E-state index in [-0.39, 0.29) is 23.2 Å². The van der Waals surface area contributed by atoms with E-state index < -0.39 is 0 Å². The Hall–Kier alpha value is -2.08. The minimum Gasteiger partial charge on any atom is -0.506 e. The predicted octanol–water partition coefficient (Wildman–Crippen LogP) is 1.67. The van der Waals surface area contributed by atoms with E-state index in [1.807, 2.05) is 0 Å². The molecule has 1 aromatic carbocycles. The van der Waals surface area contributed by atoms with Crippen LogP contribution in [0.25, 0.3) is 0 Å². The van der Waals surface area contributed by atoms with E-state index in [0.29, 0.717) is 17.3 Å². The smallest absolute Gasteiger partial charge is 0.251 e. The number of phenols is 1. The lowest BCUT2D eigenvalue weighted by molar-refractivity contribution is 0.0946. The average molecular weight is 268 g/mol. The van der Waals surface area contributed by atoms with Crippen LogP contribution in [0.3, 0.4) is 0 Å². The topological polar surface area (TPSA) is 88.2 Å². The second-order valence-electron chi connectivity index (χ2n) is 3.58. The van der Waals surface area contributed by atoms with E-state index in [1.54, 1.807) is 6.92 Å². The Bertz CT molecular complexity index is 583. The largest absolute Gasteiger partial charge is 0.506 e. The number of carbonyl (C=O) groups is 1. The number of amides is 1. The number of halogens is 1. The Morgan fingerprint density at radius 1 is 1.56 bits per heavy atom. The molecule has 1 amide bonds. The lowest BCUT2D eigenvalue weighted by Crippen LogP contribution is -2.22. The van der Waals surface area contributed by atoms with Crippen LogP contribution in [0.1, 0.15) is 22.1 Å². The molecule has 94 valence electrons. The zero-order chi connectivity index (χ0) is 13.1. The van der Waals surface area contributed by atoms with Crippen LogP contribution >= 0.6 is 11.6 Å². The summed E-state index contributed by atoms with van der Waals surface area (Å²) >= 11 is 5.71. The molecule has 18 heavy (non-hydrogen) atoms. The normalized spacial score (nSPS) is 10.3. The first-order valence-electron chi connectivity index (χ1n) is 5.12. The Balaban J connectivity index is 2.01. The zero-order valence-electron chi connectivity index (χ0n) is 9.48. The molecular formula is C11H10ClN3O3. The maximum atomic E-state index is 11.7. The van der Waals surface area contributed by atoms with Gasteiger partial charge in [-0.15, -0.1) is 0 Å². The SMILES string of the molecule is Cc1noc(CNC(=O)c2ccc(O)c(Cl)c2)n1. The highest BCUT2D eigenvalue weighted by Crippen LogP contribution is 2.23. The molecule has 2 aromatic rings. The van der Waals surface area contributed by atoms with Crippen LogP contribution < -0.4 is 5.32 Å². The molecule has 0 unspecified atom stereocenters. The number of aromatic hydroxyl groups is 1. The molecule has 0 fully saturated rings. The predicted molar refractivity (Wildman–Crippen MR) is 63.3 cm³/mol. The van der Waals surface area contributed by atoms with Gasteiger partial charge in [-0.1, -0.05) is 16.8 Å². The summed E-state index contributed by atoms with van der Waals surface area (Å²) < 4.78 is 4.85. The number of nitrogens with zero attached hydrogens (tertiary/aromatic N) is 2. The number of aromatic nitrogens is 2. The quantitative estimate of drug-likeness (QED) is 0.883. The number of hydrogen-bond donors (Lipinski definition) is 2. The number of phenolic OH excluding ortho intramolecular Hbond substituents is 1. The molecule has 2 N–H and O–H groups in total. The molecule has 0 aliphatic carbocycles. The molecule has 2 rings (SSSR count). The summed E-state index contributed by atoms with van der Waals surface area (Å²) in [7, 11) is 0.